The summed E-state index contributed by atoms with van der Waals surface area (Å²) in [6, 6.07) is 0. The summed E-state index contributed by atoms with van der Waals surface area (Å²) in [6.07, 6.45) is 2.22. The fourth-order valence-corrected chi connectivity index (χ4v) is 4.44. The molecule has 11 nitrogen and oxygen atoms in total. The third-order valence-corrected chi connectivity index (χ3v) is 6.23. The topological polar surface area (TPSA) is 164 Å². The van der Waals surface area contributed by atoms with E-state index in [9.17, 15) is 32.4 Å². The molecule has 0 radical (unpaired) electrons. The van der Waals surface area contributed by atoms with E-state index in [4.69, 9.17) is 9.29 Å². The SMILES string of the molecule is O=C(OC1C(=O)NC(=O)C1S(=O)(=O)O)C1CCC(CN2C(=O)C=CC2=O)CC1.[H-].[Na+]. The first-order valence-corrected chi connectivity index (χ1v) is 10.1. The van der Waals surface area contributed by atoms with E-state index < -0.39 is 45.2 Å². The first-order valence-electron chi connectivity index (χ1n) is 8.63. The van der Waals surface area contributed by atoms with E-state index >= 15 is 0 Å². The Morgan fingerprint density at radius 3 is 2.17 bits per heavy atom. The Morgan fingerprint density at radius 2 is 1.66 bits per heavy atom. The largest absolute Gasteiger partial charge is 1.00 e. The average molecular weight is 438 g/mol. The molecule has 0 spiro atoms. The number of esters is 1. The second-order valence-corrected chi connectivity index (χ2v) is 8.52. The number of carbonyl (C=O) groups is 5. The van der Waals surface area contributed by atoms with Gasteiger partial charge in [-0.3, -0.25) is 38.7 Å². The summed E-state index contributed by atoms with van der Waals surface area (Å²) in [5, 5.41) is -0.463. The number of hydrogen-bond donors (Lipinski definition) is 2. The molecule has 1 saturated heterocycles. The van der Waals surface area contributed by atoms with E-state index in [0.717, 1.165) is 4.90 Å². The number of imide groups is 2. The molecule has 1 saturated carbocycles. The molecule has 2 atom stereocenters. The minimum atomic E-state index is -4.93. The smallest absolute Gasteiger partial charge is 1.00 e. The molecule has 2 heterocycles. The van der Waals surface area contributed by atoms with Crippen LogP contribution < -0.4 is 34.9 Å². The number of ether oxygens (including phenoxy) is 1. The molecule has 2 N–H and O–H groups in total. The normalized spacial score (nSPS) is 29.6. The van der Waals surface area contributed by atoms with Crippen molar-refractivity contribution in [3.05, 3.63) is 12.2 Å². The van der Waals surface area contributed by atoms with Crippen molar-refractivity contribution >= 4 is 39.7 Å². The zero-order valence-electron chi connectivity index (χ0n) is 16.6. The number of hydrogen-bond acceptors (Lipinski definition) is 8. The molecule has 1 aliphatic carbocycles. The average Bonchev–Trinajstić information content (AvgIpc) is 3.07. The van der Waals surface area contributed by atoms with E-state index in [-0.39, 0.29) is 55.3 Å². The molecule has 2 unspecified atom stereocenters. The van der Waals surface area contributed by atoms with Gasteiger partial charge in [0.25, 0.3) is 33.7 Å². The van der Waals surface area contributed by atoms with Crippen LogP contribution >= 0.6 is 0 Å². The van der Waals surface area contributed by atoms with Crippen molar-refractivity contribution in [3.8, 4) is 0 Å². The molecule has 4 amide bonds. The summed E-state index contributed by atoms with van der Waals surface area (Å²) in [7, 11) is -4.93. The van der Waals surface area contributed by atoms with Crippen LogP contribution in [0.25, 0.3) is 0 Å². The Labute approximate surface area is 189 Å². The van der Waals surface area contributed by atoms with Crippen LogP contribution in [0.2, 0.25) is 0 Å². The standard InChI is InChI=1S/C16H18N2O9S.Na.H/c19-10-5-6-11(20)18(10)7-8-1-3-9(4-2-8)16(23)27-12-13(28(24,25)26)15(22)17-14(12)21;;/h5-6,8-9,12-13H,1-4,7H2,(H,17,21,22)(H,24,25,26);;/q;+1;-1. The van der Waals surface area contributed by atoms with Crippen molar-refractivity contribution in [1.29, 1.82) is 0 Å². The van der Waals surface area contributed by atoms with Gasteiger partial charge in [-0.25, -0.2) is 0 Å². The molecule has 0 aromatic rings. The zero-order valence-corrected chi connectivity index (χ0v) is 18.4. The summed E-state index contributed by atoms with van der Waals surface area (Å²) >= 11 is 0. The van der Waals surface area contributed by atoms with E-state index in [2.05, 4.69) is 0 Å². The summed E-state index contributed by atoms with van der Waals surface area (Å²) in [4.78, 5) is 59.9. The van der Waals surface area contributed by atoms with Crippen LogP contribution in [0.3, 0.4) is 0 Å². The van der Waals surface area contributed by atoms with Gasteiger partial charge < -0.3 is 6.16 Å². The third kappa shape index (κ3) is 5.12. The summed E-state index contributed by atoms with van der Waals surface area (Å²) < 4.78 is 36.7. The number of rotatable bonds is 5. The number of carbonyl (C=O) groups excluding carboxylic acids is 5. The van der Waals surface area contributed by atoms with E-state index in [1.165, 1.54) is 12.2 Å². The molecule has 29 heavy (non-hydrogen) atoms. The minimum Gasteiger partial charge on any atom is -1.00 e. The van der Waals surface area contributed by atoms with Gasteiger partial charge in [0.2, 0.25) is 11.4 Å². The molecule has 0 aromatic heterocycles. The van der Waals surface area contributed by atoms with Gasteiger partial charge in [-0.05, 0) is 31.6 Å². The van der Waals surface area contributed by atoms with Gasteiger partial charge in [0.05, 0.1) is 5.92 Å². The van der Waals surface area contributed by atoms with Crippen LogP contribution in [0, 0.1) is 11.8 Å². The first kappa shape index (κ1) is 23.7. The molecule has 13 heteroatoms. The Balaban J connectivity index is 0.00000225. The summed E-state index contributed by atoms with van der Waals surface area (Å²) in [5.74, 6) is -4.55. The summed E-state index contributed by atoms with van der Waals surface area (Å²) in [5.41, 5.74) is 0. The predicted molar refractivity (Wildman–Crippen MR) is 90.8 cm³/mol. The van der Waals surface area contributed by atoms with E-state index in [1.807, 2.05) is 0 Å². The van der Waals surface area contributed by atoms with Crippen molar-refractivity contribution < 1.29 is 72.7 Å². The maximum absolute atomic E-state index is 12.3. The zero-order chi connectivity index (χ0) is 20.6. The summed E-state index contributed by atoms with van der Waals surface area (Å²) in [6.45, 7) is 0.247. The Hall–Kier alpha value is -1.60. The fourth-order valence-electron chi connectivity index (χ4n) is 3.62. The molecule has 154 valence electrons. The number of amides is 4. The minimum absolute atomic E-state index is 0. The van der Waals surface area contributed by atoms with Crippen LogP contribution in [0.1, 0.15) is 27.1 Å². The van der Waals surface area contributed by atoms with E-state index in [0.29, 0.717) is 25.7 Å². The second kappa shape index (κ2) is 9.04. The van der Waals surface area contributed by atoms with Crippen LogP contribution in [0.4, 0.5) is 0 Å². The van der Waals surface area contributed by atoms with Crippen molar-refractivity contribution in [3.63, 3.8) is 0 Å². The van der Waals surface area contributed by atoms with Gasteiger partial charge in [0, 0.05) is 18.7 Å². The van der Waals surface area contributed by atoms with Crippen LogP contribution in [-0.4, -0.2) is 65.4 Å². The second-order valence-electron chi connectivity index (χ2n) is 6.98. The van der Waals surface area contributed by atoms with Gasteiger partial charge in [-0.2, -0.15) is 8.42 Å². The molecule has 2 fully saturated rings. The van der Waals surface area contributed by atoms with Gasteiger partial charge >= 0.3 is 35.5 Å². The van der Waals surface area contributed by atoms with Gasteiger partial charge in [0.15, 0.2) is 0 Å². The number of nitrogens with zero attached hydrogens (tertiary/aromatic N) is 1. The van der Waals surface area contributed by atoms with Crippen molar-refractivity contribution in [2.75, 3.05) is 6.54 Å². The maximum Gasteiger partial charge on any atom is 1.00 e. The number of nitrogens with one attached hydrogen (secondary N) is 1. The van der Waals surface area contributed by atoms with Crippen molar-refractivity contribution in [2.45, 2.75) is 37.0 Å². The van der Waals surface area contributed by atoms with Crippen LogP contribution in [0.15, 0.2) is 12.2 Å². The van der Waals surface area contributed by atoms with Crippen molar-refractivity contribution in [2.24, 2.45) is 11.8 Å². The van der Waals surface area contributed by atoms with Gasteiger partial charge in [-0.1, -0.05) is 0 Å². The quantitative estimate of drug-likeness (QED) is 0.187. The van der Waals surface area contributed by atoms with E-state index in [1.54, 1.807) is 5.32 Å². The Bertz CT molecular complexity index is 865. The first-order chi connectivity index (χ1) is 13.1. The maximum atomic E-state index is 12.3. The van der Waals surface area contributed by atoms with Crippen molar-refractivity contribution in [1.82, 2.24) is 10.2 Å². The molecule has 3 rings (SSSR count). The molecule has 0 bridgehead atoms. The molecular formula is C16H19N2NaO9S. The third-order valence-electron chi connectivity index (χ3n) is 5.12. The Kier molecular flexibility index (Phi) is 7.38. The predicted octanol–water partition coefficient (Wildman–Crippen LogP) is -4.34. The monoisotopic (exact) mass is 438 g/mol. The van der Waals surface area contributed by atoms with Crippen LogP contribution in [-0.2, 0) is 38.8 Å². The molecule has 0 aromatic carbocycles. The van der Waals surface area contributed by atoms with Gasteiger partial charge in [0.1, 0.15) is 0 Å². The molecule has 2 aliphatic heterocycles. The van der Waals surface area contributed by atoms with Gasteiger partial charge in [-0.15, -0.1) is 0 Å². The molecular weight excluding hydrogens is 419 g/mol. The fraction of sp³-hybridized carbons (Fsp3) is 0.562. The Morgan fingerprint density at radius 1 is 1.10 bits per heavy atom. The molecule has 3 aliphatic rings. The van der Waals surface area contributed by atoms with Crippen LogP contribution in [0.5, 0.6) is 0 Å².